The third kappa shape index (κ3) is 2.85. The Kier molecular flexibility index (Phi) is 3.47. The lowest BCUT2D eigenvalue weighted by atomic mass is 10.1. The fourth-order valence-electron chi connectivity index (χ4n) is 2.18. The summed E-state index contributed by atoms with van der Waals surface area (Å²) in [6, 6.07) is -0.338. The number of piperidine rings is 1. The molecular formula is C12H18F2N4O. The van der Waals surface area contributed by atoms with E-state index in [0.29, 0.717) is 5.69 Å². The molecular weight excluding hydrogens is 254 g/mol. The van der Waals surface area contributed by atoms with Crippen molar-refractivity contribution in [3.8, 4) is 0 Å². The van der Waals surface area contributed by atoms with Crippen molar-refractivity contribution in [2.75, 3.05) is 18.4 Å². The largest absolute Gasteiger partial charge is 0.324 e. The number of aryl methyl sites for hydroxylation is 2. The SMILES string of the molecule is Cc1nn(C)c(C)c1NC(=O)N1CCC(F)(F)CC1. The maximum Gasteiger partial charge on any atom is 0.321 e. The molecule has 0 aromatic carbocycles. The van der Waals surface area contributed by atoms with E-state index in [4.69, 9.17) is 0 Å². The standard InChI is InChI=1S/C12H18F2N4O/c1-8-10(9(2)17(3)16-8)15-11(19)18-6-4-12(13,14)5-7-18/h4-7H2,1-3H3,(H,15,19). The van der Waals surface area contributed by atoms with E-state index in [-0.39, 0.29) is 32.0 Å². The number of rotatable bonds is 1. The lowest BCUT2D eigenvalue weighted by Gasteiger charge is -2.31. The number of nitrogens with zero attached hydrogens (tertiary/aromatic N) is 3. The van der Waals surface area contributed by atoms with E-state index >= 15 is 0 Å². The van der Waals surface area contributed by atoms with Gasteiger partial charge in [0, 0.05) is 33.0 Å². The van der Waals surface area contributed by atoms with Crippen molar-refractivity contribution in [2.24, 2.45) is 7.05 Å². The second-order valence-corrected chi connectivity index (χ2v) is 4.94. The topological polar surface area (TPSA) is 50.2 Å². The number of hydrogen-bond donors (Lipinski definition) is 1. The molecule has 2 amide bonds. The highest BCUT2D eigenvalue weighted by molar-refractivity contribution is 5.90. The molecule has 0 saturated carbocycles. The summed E-state index contributed by atoms with van der Waals surface area (Å²) in [5.41, 5.74) is 2.22. The Balaban J connectivity index is 2.02. The fraction of sp³-hybridized carbons (Fsp3) is 0.667. The Hall–Kier alpha value is -1.66. The fourth-order valence-corrected chi connectivity index (χ4v) is 2.18. The maximum atomic E-state index is 13.0. The van der Waals surface area contributed by atoms with Crippen molar-refractivity contribution in [3.63, 3.8) is 0 Å². The zero-order valence-electron chi connectivity index (χ0n) is 11.3. The number of likely N-dealkylation sites (tertiary alicyclic amines) is 1. The summed E-state index contributed by atoms with van der Waals surface area (Å²) in [5, 5.41) is 6.95. The van der Waals surface area contributed by atoms with Gasteiger partial charge in [-0.25, -0.2) is 13.6 Å². The number of hydrogen-bond acceptors (Lipinski definition) is 2. The smallest absolute Gasteiger partial charge is 0.321 e. The van der Waals surface area contributed by atoms with Crippen LogP contribution >= 0.6 is 0 Å². The molecule has 0 bridgehead atoms. The molecule has 1 aromatic heterocycles. The van der Waals surface area contributed by atoms with Crippen LogP contribution in [0.1, 0.15) is 24.2 Å². The molecule has 7 heteroatoms. The molecule has 1 aliphatic heterocycles. The Morgan fingerprint density at radius 2 is 1.89 bits per heavy atom. The quantitative estimate of drug-likeness (QED) is 0.852. The third-order valence-corrected chi connectivity index (χ3v) is 3.52. The van der Waals surface area contributed by atoms with Crippen LogP contribution in [-0.4, -0.2) is 39.7 Å². The summed E-state index contributed by atoms with van der Waals surface area (Å²) in [6.07, 6.45) is -0.545. The lowest BCUT2D eigenvalue weighted by molar-refractivity contribution is -0.0461. The van der Waals surface area contributed by atoms with Crippen molar-refractivity contribution in [3.05, 3.63) is 11.4 Å². The molecule has 1 saturated heterocycles. The van der Waals surface area contributed by atoms with E-state index in [2.05, 4.69) is 10.4 Å². The first-order chi connectivity index (χ1) is 8.80. The monoisotopic (exact) mass is 272 g/mol. The van der Waals surface area contributed by atoms with Crippen LogP contribution < -0.4 is 5.32 Å². The van der Waals surface area contributed by atoms with Gasteiger partial charge in [0.2, 0.25) is 0 Å². The molecule has 0 atom stereocenters. The van der Waals surface area contributed by atoms with Gasteiger partial charge in [-0.2, -0.15) is 5.10 Å². The molecule has 0 aliphatic carbocycles. The lowest BCUT2D eigenvalue weighted by Crippen LogP contribution is -2.44. The van der Waals surface area contributed by atoms with E-state index in [0.717, 1.165) is 11.4 Å². The van der Waals surface area contributed by atoms with Crippen molar-refractivity contribution in [1.29, 1.82) is 0 Å². The van der Waals surface area contributed by atoms with Crippen LogP contribution in [0.3, 0.4) is 0 Å². The van der Waals surface area contributed by atoms with Gasteiger partial charge in [0.25, 0.3) is 5.92 Å². The van der Waals surface area contributed by atoms with E-state index < -0.39 is 5.92 Å². The van der Waals surface area contributed by atoms with E-state index in [1.54, 1.807) is 18.7 Å². The number of halogens is 2. The predicted molar refractivity (Wildman–Crippen MR) is 67.5 cm³/mol. The Morgan fingerprint density at radius 3 is 2.37 bits per heavy atom. The third-order valence-electron chi connectivity index (χ3n) is 3.52. The van der Waals surface area contributed by atoms with Crippen molar-refractivity contribution >= 4 is 11.7 Å². The van der Waals surface area contributed by atoms with Gasteiger partial charge in [0.15, 0.2) is 0 Å². The molecule has 1 fully saturated rings. The molecule has 0 spiro atoms. The molecule has 0 radical (unpaired) electrons. The van der Waals surface area contributed by atoms with Crippen LogP contribution in [0.2, 0.25) is 0 Å². The van der Waals surface area contributed by atoms with Gasteiger partial charge in [-0.05, 0) is 13.8 Å². The molecule has 1 aromatic rings. The second-order valence-electron chi connectivity index (χ2n) is 4.94. The maximum absolute atomic E-state index is 13.0. The predicted octanol–water partition coefficient (Wildman–Crippen LogP) is 2.30. The number of nitrogens with one attached hydrogen (secondary N) is 1. The van der Waals surface area contributed by atoms with Gasteiger partial charge in [-0.15, -0.1) is 0 Å². The summed E-state index contributed by atoms with van der Waals surface area (Å²) in [5.74, 6) is -2.64. The van der Waals surface area contributed by atoms with E-state index in [1.807, 2.05) is 6.92 Å². The number of alkyl halides is 2. The number of carbonyl (C=O) groups excluding carboxylic acids is 1. The number of anilines is 1. The minimum Gasteiger partial charge on any atom is -0.324 e. The van der Waals surface area contributed by atoms with Crippen LogP contribution in [0, 0.1) is 13.8 Å². The van der Waals surface area contributed by atoms with E-state index in [1.165, 1.54) is 4.90 Å². The average molecular weight is 272 g/mol. The first-order valence-electron chi connectivity index (χ1n) is 6.24. The minimum atomic E-state index is -2.64. The Morgan fingerprint density at radius 1 is 1.32 bits per heavy atom. The Labute approximate surface area is 110 Å². The minimum absolute atomic E-state index is 0.0805. The van der Waals surface area contributed by atoms with Gasteiger partial charge in [-0.1, -0.05) is 0 Å². The highest BCUT2D eigenvalue weighted by Gasteiger charge is 2.35. The molecule has 5 nitrogen and oxygen atoms in total. The number of aromatic nitrogens is 2. The van der Waals surface area contributed by atoms with Crippen molar-refractivity contribution < 1.29 is 13.6 Å². The van der Waals surface area contributed by atoms with Crippen molar-refractivity contribution in [2.45, 2.75) is 32.6 Å². The molecule has 106 valence electrons. The summed E-state index contributed by atoms with van der Waals surface area (Å²) in [7, 11) is 1.79. The number of amides is 2. The first kappa shape index (κ1) is 13.8. The molecule has 1 N–H and O–H groups in total. The van der Waals surface area contributed by atoms with Gasteiger partial charge in [-0.3, -0.25) is 4.68 Å². The summed E-state index contributed by atoms with van der Waals surface area (Å²) >= 11 is 0. The first-order valence-corrected chi connectivity index (χ1v) is 6.24. The normalized spacial score (nSPS) is 18.5. The molecule has 1 aliphatic rings. The zero-order chi connectivity index (χ0) is 14.2. The molecule has 19 heavy (non-hydrogen) atoms. The van der Waals surface area contributed by atoms with E-state index in [9.17, 15) is 13.6 Å². The van der Waals surface area contributed by atoms with Crippen LogP contribution in [0.5, 0.6) is 0 Å². The van der Waals surface area contributed by atoms with Gasteiger partial charge in [0.1, 0.15) is 0 Å². The molecule has 2 heterocycles. The van der Waals surface area contributed by atoms with Crippen molar-refractivity contribution in [1.82, 2.24) is 14.7 Å². The average Bonchev–Trinajstić information content (AvgIpc) is 2.56. The second kappa shape index (κ2) is 4.79. The highest BCUT2D eigenvalue weighted by Crippen LogP contribution is 2.28. The Bertz CT molecular complexity index is 488. The highest BCUT2D eigenvalue weighted by atomic mass is 19.3. The number of urea groups is 1. The zero-order valence-corrected chi connectivity index (χ0v) is 11.3. The summed E-state index contributed by atoms with van der Waals surface area (Å²) in [6.45, 7) is 3.81. The van der Waals surface area contributed by atoms with Crippen LogP contribution in [0.4, 0.5) is 19.3 Å². The molecule has 2 rings (SSSR count). The summed E-state index contributed by atoms with van der Waals surface area (Å²) in [4.78, 5) is 13.4. The number of carbonyl (C=O) groups is 1. The molecule has 0 unspecified atom stereocenters. The van der Waals surface area contributed by atoms with Gasteiger partial charge >= 0.3 is 6.03 Å². The van der Waals surface area contributed by atoms with Gasteiger partial charge in [0.05, 0.1) is 17.1 Å². The van der Waals surface area contributed by atoms with Gasteiger partial charge < -0.3 is 10.2 Å². The van der Waals surface area contributed by atoms with Crippen LogP contribution in [-0.2, 0) is 7.05 Å². The summed E-state index contributed by atoms with van der Waals surface area (Å²) < 4.78 is 27.7. The van der Waals surface area contributed by atoms with Crippen LogP contribution in [0.25, 0.3) is 0 Å². The van der Waals surface area contributed by atoms with Crippen LogP contribution in [0.15, 0.2) is 0 Å².